The van der Waals surface area contributed by atoms with Gasteiger partial charge in [0.1, 0.15) is 0 Å². The topological polar surface area (TPSA) is 40.6 Å². The van der Waals surface area contributed by atoms with Gasteiger partial charge in [-0.3, -0.25) is 9.59 Å². The number of amides is 2. The van der Waals surface area contributed by atoms with Gasteiger partial charge < -0.3 is 9.80 Å². The van der Waals surface area contributed by atoms with Crippen LogP contribution in [0.4, 0.5) is 0 Å². The van der Waals surface area contributed by atoms with Gasteiger partial charge in [0, 0.05) is 35.1 Å². The Kier molecular flexibility index (Phi) is 5.99. The maximum atomic E-state index is 12.9. The molecule has 2 heterocycles. The zero-order valence-electron chi connectivity index (χ0n) is 15.1. The van der Waals surface area contributed by atoms with Gasteiger partial charge in [-0.05, 0) is 57.0 Å². The van der Waals surface area contributed by atoms with Crippen LogP contribution in [0.2, 0.25) is 5.02 Å². The molecular weight excluding hydrogens is 368 g/mol. The number of carbonyl (C=O) groups excluding carboxylic acids is 2. The Morgan fingerprint density at radius 3 is 2.69 bits per heavy atom. The highest BCUT2D eigenvalue weighted by molar-refractivity contribution is 7.14. The number of thiophene rings is 1. The molecule has 1 fully saturated rings. The third-order valence-electron chi connectivity index (χ3n) is 4.80. The second-order valence-corrected chi connectivity index (χ2v) is 7.90. The highest BCUT2D eigenvalue weighted by Crippen LogP contribution is 2.37. The predicted octanol–water partition coefficient (Wildman–Crippen LogP) is 4.86. The zero-order chi connectivity index (χ0) is 18.7. The fourth-order valence-electron chi connectivity index (χ4n) is 3.41. The van der Waals surface area contributed by atoms with E-state index in [4.69, 9.17) is 11.6 Å². The molecule has 1 saturated heterocycles. The monoisotopic (exact) mass is 390 g/mol. The van der Waals surface area contributed by atoms with Gasteiger partial charge in [0.15, 0.2) is 0 Å². The van der Waals surface area contributed by atoms with Crippen LogP contribution in [0, 0.1) is 0 Å². The molecule has 0 spiro atoms. The number of halogens is 1. The molecule has 2 aromatic rings. The van der Waals surface area contributed by atoms with Crippen molar-refractivity contribution in [1.29, 1.82) is 0 Å². The van der Waals surface area contributed by atoms with E-state index in [1.165, 1.54) is 11.3 Å². The Bertz CT molecular complexity index is 801. The second kappa shape index (κ2) is 8.23. The summed E-state index contributed by atoms with van der Waals surface area (Å²) in [5.41, 5.74) is 0.611. The fourth-order valence-corrected chi connectivity index (χ4v) is 4.72. The Morgan fingerprint density at radius 1 is 1.23 bits per heavy atom. The van der Waals surface area contributed by atoms with Crippen molar-refractivity contribution in [3.8, 4) is 0 Å². The van der Waals surface area contributed by atoms with Crippen molar-refractivity contribution in [2.45, 2.75) is 32.7 Å². The van der Waals surface area contributed by atoms with E-state index in [1.54, 1.807) is 24.3 Å². The number of rotatable bonds is 5. The van der Waals surface area contributed by atoms with Gasteiger partial charge in [-0.2, -0.15) is 0 Å². The average Bonchev–Trinajstić information content (AvgIpc) is 3.31. The minimum absolute atomic E-state index is 0.0000180. The molecule has 1 aromatic carbocycles. The van der Waals surface area contributed by atoms with Crippen LogP contribution in [-0.4, -0.2) is 41.2 Å². The van der Waals surface area contributed by atoms with E-state index in [-0.39, 0.29) is 17.9 Å². The van der Waals surface area contributed by atoms with Crippen LogP contribution in [0.15, 0.2) is 36.4 Å². The summed E-state index contributed by atoms with van der Waals surface area (Å²) in [5, 5.41) is 0.565. The summed E-state index contributed by atoms with van der Waals surface area (Å²) in [4.78, 5) is 31.0. The molecule has 2 amide bonds. The fraction of sp³-hybridized carbons (Fsp3) is 0.400. The average molecular weight is 391 g/mol. The summed E-state index contributed by atoms with van der Waals surface area (Å²) >= 11 is 7.54. The molecular formula is C20H23ClN2O2S. The van der Waals surface area contributed by atoms with Crippen molar-refractivity contribution in [2.24, 2.45) is 0 Å². The van der Waals surface area contributed by atoms with Crippen molar-refractivity contribution in [3.05, 3.63) is 56.7 Å². The van der Waals surface area contributed by atoms with Crippen LogP contribution >= 0.6 is 22.9 Å². The molecule has 6 heteroatoms. The predicted molar refractivity (Wildman–Crippen MR) is 106 cm³/mol. The van der Waals surface area contributed by atoms with Crippen molar-refractivity contribution in [2.75, 3.05) is 19.6 Å². The van der Waals surface area contributed by atoms with Gasteiger partial charge >= 0.3 is 0 Å². The standard InChI is InChI=1S/C20H23ClN2O2S/c1-3-22(4-2)20(25)18-11-10-17(26-18)16-9-6-12-23(16)19(24)14-7-5-8-15(21)13-14/h5,7-8,10-11,13,16H,3-4,6,9,12H2,1-2H3/t16-/m0/s1. The van der Waals surface area contributed by atoms with E-state index in [0.29, 0.717) is 23.7 Å². The second-order valence-electron chi connectivity index (χ2n) is 6.35. The lowest BCUT2D eigenvalue weighted by molar-refractivity contribution is 0.0737. The Balaban J connectivity index is 1.80. The molecule has 0 aliphatic carbocycles. The van der Waals surface area contributed by atoms with E-state index in [0.717, 1.165) is 29.1 Å². The van der Waals surface area contributed by atoms with E-state index in [9.17, 15) is 9.59 Å². The van der Waals surface area contributed by atoms with Crippen molar-refractivity contribution >= 4 is 34.8 Å². The molecule has 1 aromatic heterocycles. The number of hydrogen-bond acceptors (Lipinski definition) is 3. The Hall–Kier alpha value is -1.85. The largest absolute Gasteiger partial charge is 0.339 e. The van der Waals surface area contributed by atoms with E-state index in [2.05, 4.69) is 0 Å². The summed E-state index contributed by atoms with van der Waals surface area (Å²) < 4.78 is 0. The number of nitrogens with zero attached hydrogens (tertiary/aromatic N) is 2. The lowest BCUT2D eigenvalue weighted by atomic mass is 10.1. The quantitative estimate of drug-likeness (QED) is 0.731. The smallest absolute Gasteiger partial charge is 0.263 e. The lowest BCUT2D eigenvalue weighted by Crippen LogP contribution is -2.30. The molecule has 1 aliphatic heterocycles. The first-order valence-corrected chi connectivity index (χ1v) is 10.2. The molecule has 0 bridgehead atoms. The van der Waals surface area contributed by atoms with Crippen LogP contribution in [0.5, 0.6) is 0 Å². The van der Waals surface area contributed by atoms with Gasteiger partial charge in [-0.15, -0.1) is 11.3 Å². The molecule has 138 valence electrons. The number of hydrogen-bond donors (Lipinski definition) is 0. The lowest BCUT2D eigenvalue weighted by Gasteiger charge is -2.24. The summed E-state index contributed by atoms with van der Waals surface area (Å²) in [5.74, 6) is 0.0667. The number of likely N-dealkylation sites (tertiary alicyclic amines) is 1. The van der Waals surface area contributed by atoms with Gasteiger partial charge in [-0.25, -0.2) is 0 Å². The number of carbonyl (C=O) groups is 2. The maximum Gasteiger partial charge on any atom is 0.263 e. The van der Waals surface area contributed by atoms with Gasteiger partial charge in [0.25, 0.3) is 11.8 Å². The van der Waals surface area contributed by atoms with E-state index in [1.807, 2.05) is 35.8 Å². The van der Waals surface area contributed by atoms with Crippen LogP contribution in [-0.2, 0) is 0 Å². The highest BCUT2D eigenvalue weighted by Gasteiger charge is 2.32. The highest BCUT2D eigenvalue weighted by atomic mass is 35.5. The maximum absolute atomic E-state index is 12.9. The van der Waals surface area contributed by atoms with Crippen molar-refractivity contribution in [3.63, 3.8) is 0 Å². The molecule has 26 heavy (non-hydrogen) atoms. The SMILES string of the molecule is CCN(CC)C(=O)c1ccc([C@@H]2CCCN2C(=O)c2cccc(Cl)c2)s1. The first-order valence-electron chi connectivity index (χ1n) is 9.00. The minimum Gasteiger partial charge on any atom is -0.339 e. The zero-order valence-corrected chi connectivity index (χ0v) is 16.6. The molecule has 0 radical (unpaired) electrons. The molecule has 1 atom stereocenters. The van der Waals surface area contributed by atoms with Crippen molar-refractivity contribution in [1.82, 2.24) is 9.80 Å². The van der Waals surface area contributed by atoms with Gasteiger partial charge in [0.2, 0.25) is 0 Å². The Morgan fingerprint density at radius 2 is 2.00 bits per heavy atom. The van der Waals surface area contributed by atoms with Crippen LogP contribution in [0.1, 0.15) is 57.6 Å². The summed E-state index contributed by atoms with van der Waals surface area (Å²) in [6.07, 6.45) is 1.89. The molecule has 0 saturated carbocycles. The minimum atomic E-state index is 0.0000180. The van der Waals surface area contributed by atoms with E-state index < -0.39 is 0 Å². The normalized spacial score (nSPS) is 16.7. The van der Waals surface area contributed by atoms with Crippen LogP contribution < -0.4 is 0 Å². The molecule has 4 nitrogen and oxygen atoms in total. The molecule has 1 aliphatic rings. The first-order chi connectivity index (χ1) is 12.5. The third kappa shape index (κ3) is 3.79. The van der Waals surface area contributed by atoms with Gasteiger partial charge in [0.05, 0.1) is 10.9 Å². The van der Waals surface area contributed by atoms with Crippen LogP contribution in [0.3, 0.4) is 0 Å². The van der Waals surface area contributed by atoms with Gasteiger partial charge in [-0.1, -0.05) is 17.7 Å². The summed E-state index contributed by atoms with van der Waals surface area (Å²) in [6, 6.07) is 11.0. The first kappa shape index (κ1) is 18.9. The van der Waals surface area contributed by atoms with Crippen LogP contribution in [0.25, 0.3) is 0 Å². The number of benzene rings is 1. The molecule has 0 unspecified atom stereocenters. The summed E-state index contributed by atoms with van der Waals surface area (Å²) in [7, 11) is 0. The Labute approximate surface area is 163 Å². The van der Waals surface area contributed by atoms with E-state index >= 15 is 0 Å². The van der Waals surface area contributed by atoms with Crippen molar-refractivity contribution < 1.29 is 9.59 Å². The third-order valence-corrected chi connectivity index (χ3v) is 6.21. The molecule has 3 rings (SSSR count). The molecule has 0 N–H and O–H groups in total. The summed E-state index contributed by atoms with van der Waals surface area (Å²) in [6.45, 7) is 6.10.